The van der Waals surface area contributed by atoms with E-state index in [9.17, 15) is 14.0 Å². The Kier molecular flexibility index (Phi) is 6.36. The summed E-state index contributed by atoms with van der Waals surface area (Å²) in [7, 11) is 0. The molecule has 2 aromatic rings. The fraction of sp³-hybridized carbons (Fsp3) is 0.222. The number of esters is 1. The Hall–Kier alpha value is -2.60. The molecule has 0 aliphatic rings. The lowest BCUT2D eigenvalue weighted by Gasteiger charge is -2.14. The summed E-state index contributed by atoms with van der Waals surface area (Å²) in [5.41, 5.74) is 1.18. The molecule has 0 radical (unpaired) electrons. The lowest BCUT2D eigenvalue weighted by atomic mass is 10.2. The molecule has 0 saturated heterocycles. The van der Waals surface area contributed by atoms with E-state index >= 15 is 0 Å². The summed E-state index contributed by atoms with van der Waals surface area (Å²) in [5, 5.41) is 3.09. The van der Waals surface area contributed by atoms with Gasteiger partial charge in [0, 0.05) is 10.7 Å². The molecule has 0 heterocycles. The van der Waals surface area contributed by atoms with Crippen molar-refractivity contribution in [3.05, 3.63) is 58.9 Å². The van der Waals surface area contributed by atoms with Crippen molar-refractivity contribution in [2.24, 2.45) is 0 Å². The van der Waals surface area contributed by atoms with Crippen LogP contribution >= 0.6 is 11.6 Å². The van der Waals surface area contributed by atoms with E-state index in [0.29, 0.717) is 16.5 Å². The van der Waals surface area contributed by atoms with Crippen molar-refractivity contribution in [1.82, 2.24) is 0 Å². The molecule has 2 rings (SSSR count). The molecule has 0 fully saturated rings. The van der Waals surface area contributed by atoms with Gasteiger partial charge in [-0.2, -0.15) is 0 Å². The molecular weight excluding hydrogens is 349 g/mol. The molecule has 132 valence electrons. The van der Waals surface area contributed by atoms with Crippen LogP contribution in [0.4, 0.5) is 10.1 Å². The van der Waals surface area contributed by atoms with Crippen LogP contribution in [0, 0.1) is 12.7 Å². The van der Waals surface area contributed by atoms with E-state index in [1.165, 1.54) is 31.2 Å². The summed E-state index contributed by atoms with van der Waals surface area (Å²) < 4.78 is 23.2. The zero-order valence-electron chi connectivity index (χ0n) is 13.7. The summed E-state index contributed by atoms with van der Waals surface area (Å²) in [4.78, 5) is 23.8. The third-order valence-corrected chi connectivity index (χ3v) is 3.51. The molecule has 0 aliphatic heterocycles. The summed E-state index contributed by atoms with van der Waals surface area (Å²) in [6.07, 6.45) is -1.02. The van der Waals surface area contributed by atoms with Crippen LogP contribution in [0.1, 0.15) is 12.5 Å². The Bertz CT molecular complexity index is 764. The van der Waals surface area contributed by atoms with Crippen LogP contribution in [0.15, 0.2) is 42.5 Å². The second kappa shape index (κ2) is 8.48. The first-order valence-corrected chi connectivity index (χ1v) is 7.88. The smallest absolute Gasteiger partial charge is 0.344 e. The monoisotopic (exact) mass is 365 g/mol. The first-order valence-electron chi connectivity index (χ1n) is 7.50. The van der Waals surface area contributed by atoms with Crippen LogP contribution < -0.4 is 10.1 Å². The molecule has 25 heavy (non-hydrogen) atoms. The van der Waals surface area contributed by atoms with E-state index in [2.05, 4.69) is 5.32 Å². The molecule has 0 spiro atoms. The first kappa shape index (κ1) is 18.7. The molecule has 0 aromatic heterocycles. The Morgan fingerprint density at radius 3 is 2.52 bits per heavy atom. The number of benzene rings is 2. The standard InChI is InChI=1S/C18H17ClFNO4/c1-11-9-13(19)3-8-16(11)24-10-17(22)25-12(2)18(23)21-15-6-4-14(20)5-7-15/h3-9,12H,10H2,1-2H3,(H,21,23)/t12-/m1/s1. The predicted octanol–water partition coefficient (Wildman–Crippen LogP) is 3.74. The number of ether oxygens (including phenoxy) is 2. The van der Waals surface area contributed by atoms with Crippen LogP contribution in [0.3, 0.4) is 0 Å². The predicted molar refractivity (Wildman–Crippen MR) is 92.3 cm³/mol. The Balaban J connectivity index is 1.82. The normalized spacial score (nSPS) is 11.5. The van der Waals surface area contributed by atoms with Gasteiger partial charge in [-0.1, -0.05) is 11.6 Å². The highest BCUT2D eigenvalue weighted by Gasteiger charge is 2.18. The van der Waals surface area contributed by atoms with Gasteiger partial charge in [-0.15, -0.1) is 0 Å². The number of hydrogen-bond donors (Lipinski definition) is 1. The first-order chi connectivity index (χ1) is 11.8. The molecule has 7 heteroatoms. The number of carbonyl (C=O) groups is 2. The number of amides is 1. The average molecular weight is 366 g/mol. The number of rotatable bonds is 6. The van der Waals surface area contributed by atoms with Crippen LogP contribution in [0.25, 0.3) is 0 Å². The van der Waals surface area contributed by atoms with E-state index < -0.39 is 23.8 Å². The molecule has 0 saturated carbocycles. The highest BCUT2D eigenvalue weighted by Crippen LogP contribution is 2.21. The van der Waals surface area contributed by atoms with Crippen molar-refractivity contribution in [2.45, 2.75) is 20.0 Å². The van der Waals surface area contributed by atoms with Crippen LogP contribution in [0.5, 0.6) is 5.75 Å². The Morgan fingerprint density at radius 1 is 1.20 bits per heavy atom. The molecule has 1 atom stereocenters. The minimum Gasteiger partial charge on any atom is -0.482 e. The summed E-state index contributed by atoms with van der Waals surface area (Å²) >= 11 is 5.85. The Labute approximate surface area is 149 Å². The van der Waals surface area contributed by atoms with E-state index in [0.717, 1.165) is 5.56 Å². The van der Waals surface area contributed by atoms with Crippen molar-refractivity contribution in [3.63, 3.8) is 0 Å². The maximum atomic E-state index is 12.8. The van der Waals surface area contributed by atoms with Crippen LogP contribution in [0.2, 0.25) is 5.02 Å². The molecule has 0 aliphatic carbocycles. The van der Waals surface area contributed by atoms with Crippen molar-refractivity contribution >= 4 is 29.2 Å². The second-order valence-corrected chi connectivity index (χ2v) is 5.76. The van der Waals surface area contributed by atoms with E-state index in [-0.39, 0.29) is 6.61 Å². The van der Waals surface area contributed by atoms with Crippen LogP contribution in [-0.2, 0) is 14.3 Å². The zero-order chi connectivity index (χ0) is 18.4. The van der Waals surface area contributed by atoms with Gasteiger partial charge >= 0.3 is 5.97 Å². The molecule has 2 aromatic carbocycles. The van der Waals surface area contributed by atoms with E-state index in [1.54, 1.807) is 25.1 Å². The van der Waals surface area contributed by atoms with Crippen LogP contribution in [-0.4, -0.2) is 24.6 Å². The highest BCUT2D eigenvalue weighted by atomic mass is 35.5. The topological polar surface area (TPSA) is 64.6 Å². The van der Waals surface area contributed by atoms with Gasteiger partial charge in [0.15, 0.2) is 12.7 Å². The maximum Gasteiger partial charge on any atom is 0.344 e. The summed E-state index contributed by atoms with van der Waals surface area (Å²) in [5.74, 6) is -1.12. The number of carbonyl (C=O) groups excluding carboxylic acids is 2. The number of aryl methyl sites for hydroxylation is 1. The number of hydrogen-bond acceptors (Lipinski definition) is 4. The average Bonchev–Trinajstić information content (AvgIpc) is 2.56. The van der Waals surface area contributed by atoms with Gasteiger partial charge in [0.05, 0.1) is 0 Å². The molecular formula is C18H17ClFNO4. The number of anilines is 1. The molecule has 1 N–H and O–H groups in total. The van der Waals surface area contributed by atoms with E-state index in [4.69, 9.17) is 21.1 Å². The summed E-state index contributed by atoms with van der Waals surface area (Å²) in [6.45, 7) is 2.90. The molecule has 5 nitrogen and oxygen atoms in total. The molecule has 1 amide bonds. The lowest BCUT2D eigenvalue weighted by molar-refractivity contribution is -0.155. The van der Waals surface area contributed by atoms with Gasteiger partial charge in [0.2, 0.25) is 0 Å². The fourth-order valence-electron chi connectivity index (χ4n) is 1.97. The van der Waals surface area contributed by atoms with Crippen molar-refractivity contribution in [3.8, 4) is 5.75 Å². The quantitative estimate of drug-likeness (QED) is 0.792. The number of halogens is 2. The third-order valence-electron chi connectivity index (χ3n) is 3.27. The minimum atomic E-state index is -1.02. The van der Waals surface area contributed by atoms with Gasteiger partial charge in [-0.3, -0.25) is 4.79 Å². The second-order valence-electron chi connectivity index (χ2n) is 5.33. The largest absolute Gasteiger partial charge is 0.482 e. The molecule has 0 bridgehead atoms. The number of nitrogens with one attached hydrogen (secondary N) is 1. The fourth-order valence-corrected chi connectivity index (χ4v) is 2.20. The van der Waals surface area contributed by atoms with Crippen molar-refractivity contribution in [1.29, 1.82) is 0 Å². The Morgan fingerprint density at radius 2 is 1.88 bits per heavy atom. The van der Waals surface area contributed by atoms with Gasteiger partial charge in [-0.05, 0) is 61.9 Å². The van der Waals surface area contributed by atoms with E-state index in [1.807, 2.05) is 0 Å². The zero-order valence-corrected chi connectivity index (χ0v) is 14.5. The maximum absolute atomic E-state index is 12.8. The van der Waals surface area contributed by atoms with Crippen molar-refractivity contribution in [2.75, 3.05) is 11.9 Å². The third kappa shape index (κ3) is 5.76. The highest BCUT2D eigenvalue weighted by molar-refractivity contribution is 6.30. The summed E-state index contributed by atoms with van der Waals surface area (Å²) in [6, 6.07) is 10.3. The van der Waals surface area contributed by atoms with Gasteiger partial charge < -0.3 is 14.8 Å². The SMILES string of the molecule is Cc1cc(Cl)ccc1OCC(=O)O[C@H](C)C(=O)Nc1ccc(F)cc1. The lowest BCUT2D eigenvalue weighted by Crippen LogP contribution is -2.31. The van der Waals surface area contributed by atoms with Crippen molar-refractivity contribution < 1.29 is 23.5 Å². The van der Waals surface area contributed by atoms with Gasteiger partial charge in [0.25, 0.3) is 5.91 Å². The van der Waals surface area contributed by atoms with Gasteiger partial charge in [0.1, 0.15) is 11.6 Å². The molecule has 0 unspecified atom stereocenters. The van der Waals surface area contributed by atoms with Gasteiger partial charge in [-0.25, -0.2) is 9.18 Å². The minimum absolute atomic E-state index is 0.337.